The Morgan fingerprint density at radius 2 is 1.22 bits per heavy atom. The lowest BCUT2D eigenvalue weighted by Gasteiger charge is -2.20. The van der Waals surface area contributed by atoms with Crippen LogP contribution >= 0.6 is 11.6 Å². The summed E-state index contributed by atoms with van der Waals surface area (Å²) in [5, 5.41) is -2.99. The molecule has 0 N–H and O–H groups in total. The van der Waals surface area contributed by atoms with Gasteiger partial charge in [-0.15, -0.1) is 11.6 Å². The molecule has 0 heterocycles. The van der Waals surface area contributed by atoms with Crippen molar-refractivity contribution >= 4 is 11.6 Å². The third-order valence-corrected chi connectivity index (χ3v) is 3.10. The summed E-state index contributed by atoms with van der Waals surface area (Å²) >= 11 is 4.89. The van der Waals surface area contributed by atoms with E-state index in [0.29, 0.717) is 0 Å². The summed E-state index contributed by atoms with van der Waals surface area (Å²) in [6.45, 7) is 0. The summed E-state index contributed by atoms with van der Waals surface area (Å²) in [5.74, 6) is -20.3. The first kappa shape index (κ1) is 13.4. The van der Waals surface area contributed by atoms with Crippen LogP contribution in [0.5, 0.6) is 0 Å². The van der Waals surface area contributed by atoms with Crippen LogP contribution in [0.25, 0.3) is 0 Å². The van der Waals surface area contributed by atoms with E-state index in [4.69, 9.17) is 11.6 Å². The average molecular weight is 297 g/mol. The maximum absolute atomic E-state index is 13.2. The van der Waals surface area contributed by atoms with Crippen molar-refractivity contribution in [2.75, 3.05) is 0 Å². The smallest absolute Gasteiger partial charge is 0.203 e. The van der Waals surface area contributed by atoms with E-state index < -0.39 is 51.6 Å². The van der Waals surface area contributed by atoms with E-state index in [1.165, 1.54) is 0 Å². The predicted molar refractivity (Wildman–Crippen MR) is 43.7 cm³/mol. The lowest BCUT2D eigenvalue weighted by molar-refractivity contribution is -0.206. The summed E-state index contributed by atoms with van der Waals surface area (Å²) < 4.78 is 104. The fourth-order valence-corrected chi connectivity index (χ4v) is 2.04. The van der Waals surface area contributed by atoms with E-state index in [1.807, 2.05) is 0 Å². The molecular formula is C9HClF8. The summed E-state index contributed by atoms with van der Waals surface area (Å²) in [6, 6.07) is 0. The first-order valence-corrected chi connectivity index (χ1v) is 4.74. The number of halogens is 9. The molecule has 1 aliphatic carbocycles. The zero-order chi connectivity index (χ0) is 14.0. The maximum Gasteiger partial charge on any atom is 0.340 e. The molecule has 0 spiro atoms. The minimum Gasteiger partial charge on any atom is -0.203 e. The zero-order valence-corrected chi connectivity index (χ0v) is 8.73. The number of rotatable bonds is 0. The van der Waals surface area contributed by atoms with E-state index >= 15 is 0 Å². The molecule has 2 rings (SSSR count). The van der Waals surface area contributed by atoms with E-state index in [0.717, 1.165) is 0 Å². The molecule has 1 atom stereocenters. The second-order valence-electron chi connectivity index (χ2n) is 3.60. The van der Waals surface area contributed by atoms with Crippen LogP contribution in [0.15, 0.2) is 0 Å². The molecule has 100 valence electrons. The molecule has 0 aliphatic heterocycles. The topological polar surface area (TPSA) is 0 Å². The Labute approximate surface area is 99.1 Å². The largest absolute Gasteiger partial charge is 0.340 e. The normalized spacial score (nSPS) is 24.2. The Hall–Kier alpha value is -1.05. The molecule has 1 aliphatic rings. The Morgan fingerprint density at radius 1 is 0.778 bits per heavy atom. The van der Waals surface area contributed by atoms with Gasteiger partial charge in [-0.25, -0.2) is 17.6 Å². The number of fused-ring (bicyclic) bond motifs is 1. The van der Waals surface area contributed by atoms with Crippen LogP contribution in [0.1, 0.15) is 16.5 Å². The van der Waals surface area contributed by atoms with Gasteiger partial charge in [0.2, 0.25) is 0 Å². The Bertz CT molecular complexity index is 538. The van der Waals surface area contributed by atoms with Crippen LogP contribution in [-0.4, -0.2) is 5.92 Å². The highest BCUT2D eigenvalue weighted by Gasteiger charge is 2.71. The van der Waals surface area contributed by atoms with Crippen molar-refractivity contribution in [2.24, 2.45) is 0 Å². The third kappa shape index (κ3) is 1.27. The third-order valence-electron chi connectivity index (χ3n) is 2.61. The maximum atomic E-state index is 13.2. The molecule has 0 saturated carbocycles. The van der Waals surface area contributed by atoms with E-state index in [1.54, 1.807) is 0 Å². The number of hydrogen-bond donors (Lipinski definition) is 0. The molecule has 0 fully saturated rings. The van der Waals surface area contributed by atoms with Gasteiger partial charge >= 0.3 is 11.8 Å². The molecule has 18 heavy (non-hydrogen) atoms. The van der Waals surface area contributed by atoms with Crippen LogP contribution < -0.4 is 0 Å². The molecule has 1 aromatic carbocycles. The van der Waals surface area contributed by atoms with Gasteiger partial charge in [0.1, 0.15) is 5.38 Å². The second kappa shape index (κ2) is 3.49. The molecule has 0 amide bonds. The summed E-state index contributed by atoms with van der Waals surface area (Å²) in [5.41, 5.74) is -4.01. The van der Waals surface area contributed by atoms with Crippen molar-refractivity contribution in [3.05, 3.63) is 34.4 Å². The zero-order valence-electron chi connectivity index (χ0n) is 7.98. The number of hydrogen-bond acceptors (Lipinski definition) is 0. The molecule has 1 aromatic rings. The van der Waals surface area contributed by atoms with Crippen molar-refractivity contribution in [3.8, 4) is 0 Å². The molecule has 0 radical (unpaired) electrons. The van der Waals surface area contributed by atoms with Gasteiger partial charge in [0.05, 0.1) is 5.56 Å². The fourth-order valence-electron chi connectivity index (χ4n) is 1.70. The van der Waals surface area contributed by atoms with E-state index in [9.17, 15) is 35.1 Å². The molecule has 9 heteroatoms. The lowest BCUT2D eigenvalue weighted by Crippen LogP contribution is -2.35. The van der Waals surface area contributed by atoms with Gasteiger partial charge in [-0.05, 0) is 0 Å². The number of alkyl halides is 5. The van der Waals surface area contributed by atoms with Gasteiger partial charge < -0.3 is 0 Å². The van der Waals surface area contributed by atoms with Crippen molar-refractivity contribution in [1.82, 2.24) is 0 Å². The second-order valence-corrected chi connectivity index (χ2v) is 4.04. The van der Waals surface area contributed by atoms with Gasteiger partial charge in [0.15, 0.2) is 23.3 Å². The molecule has 0 nitrogen and oxygen atoms in total. The standard InChI is InChI=1S/C9HClF8/c10-7-1-2(8(15,16)9(7,17)18)4(12)6(14)5(13)3(1)11/h7H. The molecule has 0 saturated heterocycles. The van der Waals surface area contributed by atoms with Crippen molar-refractivity contribution in [3.63, 3.8) is 0 Å². The van der Waals surface area contributed by atoms with Gasteiger partial charge in [-0.3, -0.25) is 0 Å². The van der Waals surface area contributed by atoms with Gasteiger partial charge in [0.25, 0.3) is 0 Å². The van der Waals surface area contributed by atoms with Crippen LogP contribution in [0.3, 0.4) is 0 Å². The molecular weight excluding hydrogens is 296 g/mol. The van der Waals surface area contributed by atoms with Crippen LogP contribution in [-0.2, 0) is 5.92 Å². The highest BCUT2D eigenvalue weighted by molar-refractivity contribution is 6.22. The number of benzene rings is 1. The molecule has 0 bridgehead atoms. The van der Waals surface area contributed by atoms with E-state index in [2.05, 4.69) is 0 Å². The SMILES string of the molecule is Fc1c(F)c(F)c2c(c1F)C(Cl)C(F)(F)C2(F)F. The Morgan fingerprint density at radius 3 is 1.72 bits per heavy atom. The fraction of sp³-hybridized carbons (Fsp3) is 0.333. The Balaban J connectivity index is 2.93. The quantitative estimate of drug-likeness (QED) is 0.290. The molecule has 1 unspecified atom stereocenters. The minimum atomic E-state index is -5.23. The van der Waals surface area contributed by atoms with Crippen LogP contribution in [0.2, 0.25) is 0 Å². The highest BCUT2D eigenvalue weighted by atomic mass is 35.5. The minimum absolute atomic E-state index is 1.76. The van der Waals surface area contributed by atoms with Crippen molar-refractivity contribution < 1.29 is 35.1 Å². The van der Waals surface area contributed by atoms with Crippen molar-refractivity contribution in [2.45, 2.75) is 17.2 Å². The van der Waals surface area contributed by atoms with Gasteiger partial charge in [-0.2, -0.15) is 17.6 Å². The average Bonchev–Trinajstić information content (AvgIpc) is 2.41. The van der Waals surface area contributed by atoms with E-state index in [-0.39, 0.29) is 0 Å². The summed E-state index contributed by atoms with van der Waals surface area (Å²) in [6.07, 6.45) is 0. The van der Waals surface area contributed by atoms with Crippen LogP contribution in [0.4, 0.5) is 35.1 Å². The van der Waals surface area contributed by atoms with Crippen molar-refractivity contribution in [1.29, 1.82) is 0 Å². The lowest BCUT2D eigenvalue weighted by atomic mass is 10.1. The summed E-state index contributed by atoms with van der Waals surface area (Å²) in [7, 11) is 0. The van der Waals surface area contributed by atoms with Crippen LogP contribution in [0, 0.1) is 23.3 Å². The molecule has 0 aromatic heterocycles. The summed E-state index contributed by atoms with van der Waals surface area (Å²) in [4.78, 5) is 0. The first-order valence-electron chi connectivity index (χ1n) is 4.31. The monoisotopic (exact) mass is 296 g/mol. The van der Waals surface area contributed by atoms with Gasteiger partial charge in [-0.1, -0.05) is 0 Å². The predicted octanol–water partition coefficient (Wildman–Crippen LogP) is 4.26. The first-order chi connectivity index (χ1) is 8.05. The van der Waals surface area contributed by atoms with Gasteiger partial charge in [0, 0.05) is 5.56 Å². The highest BCUT2D eigenvalue weighted by Crippen LogP contribution is 2.61. The Kier molecular flexibility index (Phi) is 2.60.